The van der Waals surface area contributed by atoms with Crippen LogP contribution in [0.15, 0.2) is 54.1 Å². The summed E-state index contributed by atoms with van der Waals surface area (Å²) in [5, 5.41) is 11.2. The molecule has 0 radical (unpaired) electrons. The van der Waals surface area contributed by atoms with Crippen LogP contribution in [0.1, 0.15) is 63.1 Å². The maximum absolute atomic E-state index is 13.3. The highest BCUT2D eigenvalue weighted by Gasteiger charge is 2.45. The predicted molar refractivity (Wildman–Crippen MR) is 146 cm³/mol. The summed E-state index contributed by atoms with van der Waals surface area (Å²) in [5.41, 5.74) is 1.32. The number of aliphatic hydroxyl groups is 1. The summed E-state index contributed by atoms with van der Waals surface area (Å²) in [4.78, 5) is 30.6. The molecule has 1 saturated heterocycles. The zero-order valence-electron chi connectivity index (χ0n) is 22.5. The van der Waals surface area contributed by atoms with Gasteiger partial charge in [-0.1, -0.05) is 38.8 Å². The van der Waals surface area contributed by atoms with Crippen LogP contribution in [0.25, 0.3) is 5.76 Å². The van der Waals surface area contributed by atoms with E-state index in [1.165, 1.54) is 0 Å². The number of carbonyl (C=O) groups is 2. The van der Waals surface area contributed by atoms with Gasteiger partial charge in [-0.2, -0.15) is 0 Å². The molecule has 1 fully saturated rings. The molecule has 200 valence electrons. The van der Waals surface area contributed by atoms with Crippen molar-refractivity contribution >= 4 is 17.4 Å². The standard InChI is InChI=1S/C30H40N2O5/c1-5-7-18-31(19-8-6-2)20-9-21-32-27(22-10-14-24(36-3)15-11-22)26(29(34)30(32)35)28(33)23-12-16-25(37-4)17-13-23/h10-17,27,33H,5-9,18-21H2,1-4H3/b28-26-. The molecule has 1 aliphatic heterocycles. The third-order valence-electron chi connectivity index (χ3n) is 6.86. The third-order valence-corrected chi connectivity index (χ3v) is 6.86. The summed E-state index contributed by atoms with van der Waals surface area (Å²) in [5.74, 6) is -0.109. The number of hydrogen-bond acceptors (Lipinski definition) is 6. The maximum Gasteiger partial charge on any atom is 0.295 e. The molecule has 1 amide bonds. The molecule has 1 heterocycles. The van der Waals surface area contributed by atoms with E-state index in [0.717, 1.165) is 57.3 Å². The summed E-state index contributed by atoms with van der Waals surface area (Å²) in [6.07, 6.45) is 5.31. The molecule has 1 atom stereocenters. The normalized spacial score (nSPS) is 17.0. The van der Waals surface area contributed by atoms with E-state index in [0.29, 0.717) is 23.6 Å². The van der Waals surface area contributed by atoms with Gasteiger partial charge in [0.2, 0.25) is 0 Å². The van der Waals surface area contributed by atoms with Crippen molar-refractivity contribution in [1.29, 1.82) is 0 Å². The van der Waals surface area contributed by atoms with Crippen LogP contribution in [0.5, 0.6) is 11.5 Å². The number of nitrogens with zero attached hydrogens (tertiary/aromatic N) is 2. The number of likely N-dealkylation sites (tertiary alicyclic amines) is 1. The number of carbonyl (C=O) groups excluding carboxylic acids is 2. The first-order valence-electron chi connectivity index (χ1n) is 13.2. The second-order valence-corrected chi connectivity index (χ2v) is 9.40. The Morgan fingerprint density at radius 2 is 1.35 bits per heavy atom. The summed E-state index contributed by atoms with van der Waals surface area (Å²) in [7, 11) is 3.16. The van der Waals surface area contributed by atoms with Crippen molar-refractivity contribution in [2.45, 2.75) is 52.0 Å². The van der Waals surface area contributed by atoms with Gasteiger partial charge in [0.05, 0.1) is 25.8 Å². The zero-order valence-corrected chi connectivity index (χ0v) is 22.5. The molecular formula is C30H40N2O5. The summed E-state index contributed by atoms with van der Waals surface area (Å²) in [6, 6.07) is 13.4. The lowest BCUT2D eigenvalue weighted by Gasteiger charge is -2.27. The Morgan fingerprint density at radius 3 is 1.86 bits per heavy atom. The Morgan fingerprint density at radius 1 is 0.838 bits per heavy atom. The first-order chi connectivity index (χ1) is 17.9. The monoisotopic (exact) mass is 508 g/mol. The number of unbranched alkanes of at least 4 members (excludes halogenated alkanes) is 2. The Labute approximate surface area is 220 Å². The van der Waals surface area contributed by atoms with Crippen LogP contribution in [0.3, 0.4) is 0 Å². The number of ketones is 1. The molecule has 1 aliphatic rings. The van der Waals surface area contributed by atoms with Gasteiger partial charge >= 0.3 is 0 Å². The van der Waals surface area contributed by atoms with Gasteiger partial charge in [0.1, 0.15) is 17.3 Å². The molecule has 1 unspecified atom stereocenters. The number of amides is 1. The van der Waals surface area contributed by atoms with Gasteiger partial charge in [-0.15, -0.1) is 0 Å². The topological polar surface area (TPSA) is 79.3 Å². The van der Waals surface area contributed by atoms with Gasteiger partial charge < -0.3 is 24.4 Å². The average molecular weight is 509 g/mol. The molecule has 7 heteroatoms. The predicted octanol–water partition coefficient (Wildman–Crippen LogP) is 5.42. The van der Waals surface area contributed by atoms with E-state index in [9.17, 15) is 14.7 Å². The molecule has 3 rings (SSSR count). The van der Waals surface area contributed by atoms with Gasteiger partial charge in [0.15, 0.2) is 0 Å². The zero-order chi connectivity index (χ0) is 26.8. The van der Waals surface area contributed by atoms with Crippen LogP contribution in [-0.4, -0.2) is 67.0 Å². The minimum absolute atomic E-state index is 0.106. The van der Waals surface area contributed by atoms with Crippen molar-refractivity contribution in [2.24, 2.45) is 0 Å². The molecular weight excluding hydrogens is 468 g/mol. The summed E-state index contributed by atoms with van der Waals surface area (Å²) < 4.78 is 10.5. The third kappa shape index (κ3) is 6.92. The Hall–Kier alpha value is -3.32. The summed E-state index contributed by atoms with van der Waals surface area (Å²) >= 11 is 0. The Balaban J connectivity index is 1.92. The van der Waals surface area contributed by atoms with Crippen LogP contribution >= 0.6 is 0 Å². The first-order valence-corrected chi connectivity index (χ1v) is 13.2. The van der Waals surface area contributed by atoms with E-state index in [1.807, 2.05) is 12.1 Å². The Bertz CT molecular complexity index is 1050. The number of aliphatic hydroxyl groups excluding tert-OH is 1. The number of Topliss-reactive ketones (excluding diaryl/α,β-unsaturated/α-hetero) is 1. The SMILES string of the molecule is CCCCN(CCCC)CCCN1C(=O)C(=O)/C(=C(\O)c2ccc(OC)cc2)C1c1ccc(OC)cc1. The van der Waals surface area contributed by atoms with E-state index in [1.54, 1.807) is 55.5 Å². The molecule has 2 aromatic carbocycles. The van der Waals surface area contributed by atoms with E-state index < -0.39 is 17.7 Å². The molecule has 0 bridgehead atoms. The minimum Gasteiger partial charge on any atom is -0.507 e. The van der Waals surface area contributed by atoms with Crippen molar-refractivity contribution in [2.75, 3.05) is 40.4 Å². The average Bonchev–Trinajstić information content (AvgIpc) is 3.18. The molecule has 7 nitrogen and oxygen atoms in total. The van der Waals surface area contributed by atoms with Crippen molar-refractivity contribution in [3.8, 4) is 11.5 Å². The van der Waals surface area contributed by atoms with Gasteiger partial charge in [-0.3, -0.25) is 9.59 Å². The van der Waals surface area contributed by atoms with Gasteiger partial charge in [0, 0.05) is 12.1 Å². The smallest absolute Gasteiger partial charge is 0.295 e. The van der Waals surface area contributed by atoms with Gasteiger partial charge in [-0.25, -0.2) is 0 Å². The maximum atomic E-state index is 13.3. The van der Waals surface area contributed by atoms with Crippen molar-refractivity contribution in [3.63, 3.8) is 0 Å². The fourth-order valence-corrected chi connectivity index (χ4v) is 4.71. The largest absolute Gasteiger partial charge is 0.507 e. The van der Waals surface area contributed by atoms with Gasteiger partial charge in [0.25, 0.3) is 11.7 Å². The van der Waals surface area contributed by atoms with E-state index >= 15 is 0 Å². The summed E-state index contributed by atoms with van der Waals surface area (Å²) in [6.45, 7) is 7.74. The van der Waals surface area contributed by atoms with Crippen molar-refractivity contribution in [1.82, 2.24) is 9.80 Å². The van der Waals surface area contributed by atoms with E-state index in [2.05, 4.69) is 18.7 Å². The first kappa shape index (κ1) is 28.3. The minimum atomic E-state index is -0.673. The lowest BCUT2D eigenvalue weighted by atomic mass is 9.95. The van der Waals surface area contributed by atoms with Crippen LogP contribution < -0.4 is 9.47 Å². The second-order valence-electron chi connectivity index (χ2n) is 9.40. The molecule has 1 N–H and O–H groups in total. The second kappa shape index (κ2) is 13.8. The van der Waals surface area contributed by atoms with Crippen molar-refractivity contribution in [3.05, 3.63) is 65.2 Å². The van der Waals surface area contributed by atoms with Crippen LogP contribution in [0, 0.1) is 0 Å². The Kier molecular flexibility index (Phi) is 10.6. The highest BCUT2D eigenvalue weighted by atomic mass is 16.5. The van der Waals surface area contributed by atoms with Crippen LogP contribution in [0.2, 0.25) is 0 Å². The number of hydrogen-bond donors (Lipinski definition) is 1. The quantitative estimate of drug-likeness (QED) is 0.209. The molecule has 2 aromatic rings. The molecule has 0 aromatic heterocycles. The number of benzene rings is 2. The molecule has 37 heavy (non-hydrogen) atoms. The van der Waals surface area contributed by atoms with E-state index in [4.69, 9.17) is 9.47 Å². The number of methoxy groups -OCH3 is 2. The lowest BCUT2D eigenvalue weighted by molar-refractivity contribution is -0.140. The van der Waals surface area contributed by atoms with Gasteiger partial charge in [-0.05, 0) is 80.9 Å². The van der Waals surface area contributed by atoms with Crippen molar-refractivity contribution < 1.29 is 24.2 Å². The fourth-order valence-electron chi connectivity index (χ4n) is 4.71. The van der Waals surface area contributed by atoms with Crippen LogP contribution in [-0.2, 0) is 9.59 Å². The highest BCUT2D eigenvalue weighted by Crippen LogP contribution is 2.40. The lowest BCUT2D eigenvalue weighted by Crippen LogP contribution is -2.34. The molecule has 0 spiro atoms. The molecule has 0 aliphatic carbocycles. The van der Waals surface area contributed by atoms with E-state index in [-0.39, 0.29) is 11.3 Å². The fraction of sp³-hybridized carbons (Fsp3) is 0.467. The number of rotatable bonds is 14. The van der Waals surface area contributed by atoms with Crippen LogP contribution in [0.4, 0.5) is 0 Å². The molecule has 0 saturated carbocycles. The number of ether oxygens (including phenoxy) is 2. The highest BCUT2D eigenvalue weighted by molar-refractivity contribution is 6.46.